The fraction of sp³-hybridized carbons (Fsp3) is 0.692. The van der Waals surface area contributed by atoms with Crippen molar-refractivity contribution < 1.29 is 0 Å². The van der Waals surface area contributed by atoms with Gasteiger partial charge in [0.15, 0.2) is 0 Å². The number of rotatable bonds is 7. The van der Waals surface area contributed by atoms with Crippen LogP contribution in [0.4, 0.5) is 0 Å². The van der Waals surface area contributed by atoms with Crippen LogP contribution in [0, 0.1) is 6.92 Å². The molecular formula is C13H23NS2. The Morgan fingerprint density at radius 3 is 2.69 bits per heavy atom. The second kappa shape index (κ2) is 7.36. The second-order valence-electron chi connectivity index (χ2n) is 4.36. The van der Waals surface area contributed by atoms with Gasteiger partial charge in [-0.1, -0.05) is 20.8 Å². The Labute approximate surface area is 108 Å². The first-order valence-corrected chi connectivity index (χ1v) is 7.97. The third-order valence-corrected chi connectivity index (χ3v) is 4.78. The van der Waals surface area contributed by atoms with Crippen molar-refractivity contribution in [2.75, 3.05) is 12.3 Å². The predicted octanol–water partition coefficient (Wildman–Crippen LogP) is 4.24. The molecule has 0 bridgehead atoms. The molecule has 0 aliphatic heterocycles. The van der Waals surface area contributed by atoms with Gasteiger partial charge in [0.1, 0.15) is 0 Å². The number of aryl methyl sites for hydroxylation is 1. The summed E-state index contributed by atoms with van der Waals surface area (Å²) in [7, 11) is 0. The van der Waals surface area contributed by atoms with Crippen LogP contribution in [0.2, 0.25) is 0 Å². The number of thioether (sulfide) groups is 1. The van der Waals surface area contributed by atoms with Crippen molar-refractivity contribution in [1.29, 1.82) is 0 Å². The first-order chi connectivity index (χ1) is 7.65. The molecule has 16 heavy (non-hydrogen) atoms. The Balaban J connectivity index is 2.60. The van der Waals surface area contributed by atoms with E-state index in [0.717, 1.165) is 6.54 Å². The van der Waals surface area contributed by atoms with E-state index in [2.05, 4.69) is 44.5 Å². The second-order valence-corrected chi connectivity index (χ2v) is 6.91. The molecule has 1 N–H and O–H groups in total. The van der Waals surface area contributed by atoms with Crippen LogP contribution in [0.25, 0.3) is 0 Å². The van der Waals surface area contributed by atoms with Crippen molar-refractivity contribution >= 4 is 23.1 Å². The summed E-state index contributed by atoms with van der Waals surface area (Å²) in [6, 6.07) is 2.76. The van der Waals surface area contributed by atoms with Crippen LogP contribution < -0.4 is 5.32 Å². The lowest BCUT2D eigenvalue weighted by molar-refractivity contribution is 0.582. The molecule has 0 aliphatic rings. The maximum atomic E-state index is 3.66. The van der Waals surface area contributed by atoms with E-state index in [1.807, 2.05) is 23.1 Å². The molecule has 1 aromatic rings. The summed E-state index contributed by atoms with van der Waals surface area (Å²) in [5.41, 5.74) is 1.43. The van der Waals surface area contributed by atoms with Crippen molar-refractivity contribution in [1.82, 2.24) is 5.32 Å². The average Bonchev–Trinajstić information content (AvgIpc) is 2.65. The highest BCUT2D eigenvalue weighted by Gasteiger charge is 2.14. The van der Waals surface area contributed by atoms with Gasteiger partial charge in [-0.25, -0.2) is 0 Å². The number of hydrogen-bond donors (Lipinski definition) is 1. The predicted molar refractivity (Wildman–Crippen MR) is 77.7 cm³/mol. The number of hydrogen-bond acceptors (Lipinski definition) is 3. The lowest BCUT2D eigenvalue weighted by atomic mass is 10.2. The Kier molecular flexibility index (Phi) is 6.47. The van der Waals surface area contributed by atoms with E-state index in [-0.39, 0.29) is 0 Å². The molecule has 3 heteroatoms. The first-order valence-electron chi connectivity index (χ1n) is 6.04. The van der Waals surface area contributed by atoms with Gasteiger partial charge >= 0.3 is 0 Å². The van der Waals surface area contributed by atoms with Gasteiger partial charge < -0.3 is 5.32 Å². The molecule has 1 aromatic heterocycles. The molecule has 0 aliphatic carbocycles. The molecule has 0 spiro atoms. The maximum absolute atomic E-state index is 3.66. The Morgan fingerprint density at radius 2 is 2.19 bits per heavy atom. The zero-order chi connectivity index (χ0) is 12.0. The smallest absolute Gasteiger partial charge is 0.0509 e. The Bertz CT molecular complexity index is 294. The van der Waals surface area contributed by atoms with E-state index >= 15 is 0 Å². The number of nitrogens with one attached hydrogen (secondary N) is 1. The van der Waals surface area contributed by atoms with Gasteiger partial charge in [0.25, 0.3) is 0 Å². The molecule has 1 rings (SSSR count). The molecule has 1 nitrogen and oxygen atoms in total. The molecule has 1 unspecified atom stereocenters. The van der Waals surface area contributed by atoms with Crippen molar-refractivity contribution in [3.63, 3.8) is 0 Å². The summed E-state index contributed by atoms with van der Waals surface area (Å²) in [6.45, 7) is 10.1. The maximum Gasteiger partial charge on any atom is 0.0509 e. The molecule has 0 amide bonds. The lowest BCUT2D eigenvalue weighted by Crippen LogP contribution is -2.24. The fourth-order valence-corrected chi connectivity index (χ4v) is 3.55. The molecule has 0 aromatic carbocycles. The number of thiophene rings is 1. The van der Waals surface area contributed by atoms with E-state index in [4.69, 9.17) is 0 Å². The minimum Gasteiger partial charge on any atom is -0.309 e. The molecule has 0 radical (unpaired) electrons. The third kappa shape index (κ3) is 4.48. The van der Waals surface area contributed by atoms with Crippen LogP contribution in [-0.4, -0.2) is 17.5 Å². The molecule has 0 fully saturated rings. The van der Waals surface area contributed by atoms with Gasteiger partial charge in [0, 0.05) is 10.6 Å². The summed E-state index contributed by atoms with van der Waals surface area (Å²) in [6.07, 6.45) is 1.20. The summed E-state index contributed by atoms with van der Waals surface area (Å²) < 4.78 is 0. The van der Waals surface area contributed by atoms with E-state index in [9.17, 15) is 0 Å². The van der Waals surface area contributed by atoms with Crippen LogP contribution >= 0.6 is 23.1 Å². The summed E-state index contributed by atoms with van der Waals surface area (Å²) >= 11 is 3.92. The molecular weight excluding hydrogens is 234 g/mol. The summed E-state index contributed by atoms with van der Waals surface area (Å²) in [4.78, 5) is 1.52. The Hall–Kier alpha value is 0.0100. The largest absolute Gasteiger partial charge is 0.309 e. The molecule has 1 heterocycles. The van der Waals surface area contributed by atoms with Gasteiger partial charge in [-0.05, 0) is 42.1 Å². The third-order valence-electron chi connectivity index (χ3n) is 2.46. The normalized spacial score (nSPS) is 13.3. The summed E-state index contributed by atoms with van der Waals surface area (Å²) in [5.74, 6) is 1.18. The van der Waals surface area contributed by atoms with Crippen LogP contribution in [0.3, 0.4) is 0 Å². The van der Waals surface area contributed by atoms with Crippen molar-refractivity contribution in [3.8, 4) is 0 Å². The van der Waals surface area contributed by atoms with E-state index in [1.165, 1.54) is 22.6 Å². The Morgan fingerprint density at radius 1 is 1.44 bits per heavy atom. The zero-order valence-electron chi connectivity index (χ0n) is 10.7. The standard InChI is InChI=1S/C13H23NS2/c1-5-7-14-12(9-16-10(2)3)13-11(4)6-8-15-13/h6,8,10,12,14H,5,7,9H2,1-4H3. The minimum absolute atomic E-state index is 0.535. The molecule has 1 atom stereocenters. The lowest BCUT2D eigenvalue weighted by Gasteiger charge is -2.19. The molecule has 0 saturated heterocycles. The highest BCUT2D eigenvalue weighted by molar-refractivity contribution is 7.99. The highest BCUT2D eigenvalue weighted by Crippen LogP contribution is 2.28. The van der Waals surface area contributed by atoms with Crippen LogP contribution in [0.5, 0.6) is 0 Å². The van der Waals surface area contributed by atoms with Crippen LogP contribution in [-0.2, 0) is 0 Å². The van der Waals surface area contributed by atoms with Crippen molar-refractivity contribution in [3.05, 3.63) is 21.9 Å². The van der Waals surface area contributed by atoms with E-state index in [0.29, 0.717) is 11.3 Å². The SMILES string of the molecule is CCCNC(CSC(C)C)c1sccc1C. The van der Waals surface area contributed by atoms with Gasteiger partial charge in [-0.2, -0.15) is 11.8 Å². The van der Waals surface area contributed by atoms with Gasteiger partial charge in [-0.15, -0.1) is 11.3 Å². The fourth-order valence-electron chi connectivity index (χ4n) is 1.58. The monoisotopic (exact) mass is 257 g/mol. The first kappa shape index (κ1) is 14.1. The highest BCUT2D eigenvalue weighted by atomic mass is 32.2. The topological polar surface area (TPSA) is 12.0 Å². The van der Waals surface area contributed by atoms with Gasteiger partial charge in [0.05, 0.1) is 6.04 Å². The van der Waals surface area contributed by atoms with Crippen LogP contribution in [0.1, 0.15) is 43.7 Å². The van der Waals surface area contributed by atoms with Crippen LogP contribution in [0.15, 0.2) is 11.4 Å². The minimum atomic E-state index is 0.535. The molecule has 92 valence electrons. The molecule has 0 saturated carbocycles. The van der Waals surface area contributed by atoms with E-state index < -0.39 is 0 Å². The van der Waals surface area contributed by atoms with Gasteiger partial charge in [0.2, 0.25) is 0 Å². The van der Waals surface area contributed by atoms with E-state index in [1.54, 1.807) is 0 Å². The van der Waals surface area contributed by atoms with Crippen molar-refractivity contribution in [2.45, 2.75) is 45.4 Å². The van der Waals surface area contributed by atoms with Gasteiger partial charge in [-0.3, -0.25) is 0 Å². The quantitative estimate of drug-likeness (QED) is 0.784. The van der Waals surface area contributed by atoms with Crippen molar-refractivity contribution in [2.24, 2.45) is 0 Å². The zero-order valence-corrected chi connectivity index (χ0v) is 12.4. The average molecular weight is 257 g/mol. The summed E-state index contributed by atoms with van der Waals surface area (Å²) in [5, 5.41) is 6.57.